The monoisotopic (exact) mass is 347 g/mol. The van der Waals surface area contributed by atoms with Crippen LogP contribution in [0.2, 0.25) is 0 Å². The minimum absolute atomic E-state index is 0.00927. The largest absolute Gasteiger partial charge is 0.274 e. The van der Waals surface area contributed by atoms with Gasteiger partial charge >= 0.3 is 0 Å². The summed E-state index contributed by atoms with van der Waals surface area (Å²) < 4.78 is 0. The molecule has 1 saturated heterocycles. The summed E-state index contributed by atoms with van der Waals surface area (Å²) in [4.78, 5) is 27.9. The molecule has 1 heterocycles. The summed E-state index contributed by atoms with van der Waals surface area (Å²) in [5.41, 5.74) is 4.93. The molecule has 0 spiro atoms. The van der Waals surface area contributed by atoms with Crippen molar-refractivity contribution in [2.45, 2.75) is 45.4 Å². The summed E-state index contributed by atoms with van der Waals surface area (Å²) in [6.45, 7) is 2.11. The highest BCUT2D eigenvalue weighted by molar-refractivity contribution is 6.23. The zero-order chi connectivity index (χ0) is 17.8. The zero-order valence-corrected chi connectivity index (χ0v) is 15.3. The van der Waals surface area contributed by atoms with E-state index < -0.39 is 0 Å². The second-order valence-electron chi connectivity index (χ2n) is 8.14. The average Bonchev–Trinajstić information content (AvgIpc) is 3.32. The molecule has 3 nitrogen and oxygen atoms in total. The van der Waals surface area contributed by atoms with Gasteiger partial charge in [0.1, 0.15) is 0 Å². The predicted molar refractivity (Wildman–Crippen MR) is 102 cm³/mol. The molecule has 1 aromatic carbocycles. The number of carbonyl (C=O) groups is 2. The van der Waals surface area contributed by atoms with E-state index in [0.29, 0.717) is 0 Å². The number of allylic oxidation sites excluding steroid dienone is 4. The van der Waals surface area contributed by atoms with Gasteiger partial charge in [-0.3, -0.25) is 9.59 Å². The Morgan fingerprint density at radius 3 is 2.00 bits per heavy atom. The number of amides is 2. The first kappa shape index (κ1) is 16.0. The van der Waals surface area contributed by atoms with Gasteiger partial charge in [-0.1, -0.05) is 48.8 Å². The lowest BCUT2D eigenvalue weighted by molar-refractivity contribution is -0.122. The van der Waals surface area contributed by atoms with Gasteiger partial charge in [-0.15, -0.1) is 0 Å². The molecule has 0 unspecified atom stereocenters. The Labute approximate surface area is 154 Å². The van der Waals surface area contributed by atoms with Gasteiger partial charge < -0.3 is 0 Å². The van der Waals surface area contributed by atoms with Crippen LogP contribution in [0.4, 0.5) is 5.69 Å². The maximum absolute atomic E-state index is 13.2. The van der Waals surface area contributed by atoms with Gasteiger partial charge in [-0.2, -0.15) is 0 Å². The highest BCUT2D eigenvalue weighted by Crippen LogP contribution is 2.58. The van der Waals surface area contributed by atoms with Crippen LogP contribution in [-0.2, 0) is 16.0 Å². The average molecular weight is 347 g/mol. The number of aryl methyl sites for hydroxylation is 1. The van der Waals surface area contributed by atoms with Crippen LogP contribution < -0.4 is 4.90 Å². The fraction of sp³-hybridized carbons (Fsp3) is 0.478. The second-order valence-corrected chi connectivity index (χ2v) is 8.14. The Balaban J connectivity index is 1.49. The molecule has 0 aromatic heterocycles. The van der Waals surface area contributed by atoms with Crippen LogP contribution in [0, 0.1) is 23.7 Å². The van der Waals surface area contributed by atoms with Gasteiger partial charge in [0.25, 0.3) is 0 Å². The number of anilines is 1. The van der Waals surface area contributed by atoms with E-state index in [-0.39, 0.29) is 35.5 Å². The van der Waals surface area contributed by atoms with E-state index in [1.165, 1.54) is 35.3 Å². The van der Waals surface area contributed by atoms with Gasteiger partial charge in [0.2, 0.25) is 11.8 Å². The van der Waals surface area contributed by atoms with E-state index in [0.717, 1.165) is 24.9 Å². The molecule has 26 heavy (non-hydrogen) atoms. The molecule has 1 aliphatic heterocycles. The van der Waals surface area contributed by atoms with Crippen LogP contribution in [-0.4, -0.2) is 11.8 Å². The molecular weight excluding hydrogens is 322 g/mol. The highest BCUT2D eigenvalue weighted by atomic mass is 16.2. The van der Waals surface area contributed by atoms with Gasteiger partial charge in [-0.25, -0.2) is 4.90 Å². The van der Waals surface area contributed by atoms with E-state index in [1.807, 2.05) is 24.3 Å². The van der Waals surface area contributed by atoms with E-state index in [2.05, 4.69) is 19.1 Å². The first-order valence-electron chi connectivity index (χ1n) is 10.1. The van der Waals surface area contributed by atoms with Crippen molar-refractivity contribution in [2.75, 3.05) is 4.90 Å². The molecule has 4 atom stereocenters. The van der Waals surface area contributed by atoms with Gasteiger partial charge in [-0.05, 0) is 49.8 Å². The number of imide groups is 1. The van der Waals surface area contributed by atoms with Crippen molar-refractivity contribution >= 4 is 17.5 Å². The van der Waals surface area contributed by atoms with Crippen molar-refractivity contribution in [3.05, 3.63) is 53.1 Å². The predicted octanol–water partition coefficient (Wildman–Crippen LogP) is 4.43. The molecule has 2 amide bonds. The van der Waals surface area contributed by atoms with E-state index >= 15 is 0 Å². The molecule has 3 heteroatoms. The minimum Gasteiger partial charge on any atom is -0.274 e. The Kier molecular flexibility index (Phi) is 3.66. The summed E-state index contributed by atoms with van der Waals surface area (Å²) in [6, 6.07) is 7.88. The van der Waals surface area contributed by atoms with Crippen LogP contribution in [0.15, 0.2) is 47.6 Å². The normalized spacial score (nSPS) is 32.7. The third kappa shape index (κ3) is 2.12. The number of rotatable bonds is 2. The summed E-state index contributed by atoms with van der Waals surface area (Å²) in [5.74, 6) is -0.00509. The number of benzene rings is 1. The van der Waals surface area contributed by atoms with Crippen molar-refractivity contribution in [3.8, 4) is 0 Å². The summed E-state index contributed by atoms with van der Waals surface area (Å²) >= 11 is 0. The zero-order valence-electron chi connectivity index (χ0n) is 15.3. The maximum Gasteiger partial charge on any atom is 0.238 e. The summed E-state index contributed by atoms with van der Waals surface area (Å²) in [7, 11) is 0. The van der Waals surface area contributed by atoms with E-state index in [9.17, 15) is 9.59 Å². The van der Waals surface area contributed by atoms with Gasteiger partial charge in [0.05, 0.1) is 17.5 Å². The van der Waals surface area contributed by atoms with Crippen LogP contribution >= 0.6 is 0 Å². The Morgan fingerprint density at radius 1 is 0.885 bits per heavy atom. The Bertz CT molecular complexity index is 790. The fourth-order valence-corrected chi connectivity index (χ4v) is 5.64. The SMILES string of the molecule is CCc1ccc(N2C(=O)[C@@H]3[C@@H](C2=O)[C@@H]2C=C[C@@H]3C2=C2CCCCC2)cc1. The summed E-state index contributed by atoms with van der Waals surface area (Å²) in [5, 5.41) is 0. The van der Waals surface area contributed by atoms with Crippen molar-refractivity contribution in [2.24, 2.45) is 23.7 Å². The molecule has 3 fully saturated rings. The Morgan fingerprint density at radius 2 is 1.46 bits per heavy atom. The maximum atomic E-state index is 13.2. The number of carbonyl (C=O) groups excluding carboxylic acids is 2. The molecule has 5 rings (SSSR count). The number of hydrogen-bond donors (Lipinski definition) is 0. The Hall–Kier alpha value is -2.16. The lowest BCUT2D eigenvalue weighted by Gasteiger charge is -2.23. The number of fused-ring (bicyclic) bond motifs is 5. The molecule has 2 bridgehead atoms. The highest BCUT2D eigenvalue weighted by Gasteiger charge is 2.62. The van der Waals surface area contributed by atoms with E-state index in [4.69, 9.17) is 0 Å². The van der Waals surface area contributed by atoms with Crippen LogP contribution in [0.1, 0.15) is 44.6 Å². The smallest absolute Gasteiger partial charge is 0.238 e. The third-order valence-electron chi connectivity index (χ3n) is 6.88. The molecule has 3 aliphatic carbocycles. The van der Waals surface area contributed by atoms with Crippen molar-refractivity contribution in [3.63, 3.8) is 0 Å². The molecule has 134 valence electrons. The second kappa shape index (κ2) is 5.94. The fourth-order valence-electron chi connectivity index (χ4n) is 5.64. The van der Waals surface area contributed by atoms with Gasteiger partial charge in [0, 0.05) is 11.8 Å². The number of nitrogens with zero attached hydrogens (tertiary/aromatic N) is 1. The molecule has 0 N–H and O–H groups in total. The standard InChI is InChI=1S/C23H25NO2/c1-2-14-8-10-16(11-9-14)24-22(25)20-17-12-13-18(21(20)23(24)26)19(17)15-6-4-3-5-7-15/h8-13,17-18,20-21H,2-7H2,1H3/t17-,18-,20+,21+/m1/s1. The molecule has 4 aliphatic rings. The molecular formula is C23H25NO2. The van der Waals surface area contributed by atoms with Gasteiger partial charge in [0.15, 0.2) is 0 Å². The molecule has 1 aromatic rings. The van der Waals surface area contributed by atoms with Crippen molar-refractivity contribution in [1.82, 2.24) is 0 Å². The lowest BCUT2D eigenvalue weighted by Crippen LogP contribution is -2.33. The topological polar surface area (TPSA) is 37.4 Å². The van der Waals surface area contributed by atoms with Crippen LogP contribution in [0.5, 0.6) is 0 Å². The quantitative estimate of drug-likeness (QED) is 0.586. The molecule has 0 radical (unpaired) electrons. The minimum atomic E-state index is -0.173. The van der Waals surface area contributed by atoms with Crippen molar-refractivity contribution in [1.29, 1.82) is 0 Å². The van der Waals surface area contributed by atoms with Crippen molar-refractivity contribution < 1.29 is 9.59 Å². The molecule has 2 saturated carbocycles. The van der Waals surface area contributed by atoms with E-state index in [1.54, 1.807) is 5.57 Å². The first-order chi connectivity index (χ1) is 12.7. The third-order valence-corrected chi connectivity index (χ3v) is 6.88. The lowest BCUT2D eigenvalue weighted by atomic mass is 9.85. The first-order valence-corrected chi connectivity index (χ1v) is 10.1. The van der Waals surface area contributed by atoms with Crippen LogP contribution in [0.3, 0.4) is 0 Å². The van der Waals surface area contributed by atoms with Crippen LogP contribution in [0.25, 0.3) is 0 Å². The number of hydrogen-bond acceptors (Lipinski definition) is 2. The summed E-state index contributed by atoms with van der Waals surface area (Å²) in [6.07, 6.45) is 11.5.